The highest BCUT2D eigenvalue weighted by Crippen LogP contribution is 2.34. The number of rotatable bonds is 4. The molecule has 0 spiro atoms. The number of hydrogen-bond acceptors (Lipinski definition) is 5. The Labute approximate surface area is 103 Å². The molecule has 0 radical (unpaired) electrons. The zero-order valence-electron chi connectivity index (χ0n) is 8.83. The van der Waals surface area contributed by atoms with Crippen molar-refractivity contribution in [2.45, 2.75) is 28.7 Å². The van der Waals surface area contributed by atoms with Crippen molar-refractivity contribution in [3.8, 4) is 0 Å². The molecular weight excluding hydrogens is 240 g/mol. The number of nitrogens with zero attached hydrogens (tertiary/aromatic N) is 2. The summed E-state index contributed by atoms with van der Waals surface area (Å²) in [7, 11) is 0. The van der Waals surface area contributed by atoms with Crippen LogP contribution in [0.2, 0.25) is 0 Å². The molecule has 0 saturated heterocycles. The summed E-state index contributed by atoms with van der Waals surface area (Å²) in [6.07, 6.45) is 1.86. The van der Waals surface area contributed by atoms with Crippen molar-refractivity contribution >= 4 is 23.3 Å². The molecule has 0 aliphatic heterocycles. The smallest absolute Gasteiger partial charge is 0.174 e. The van der Waals surface area contributed by atoms with Gasteiger partial charge < -0.3 is 5.11 Å². The van der Waals surface area contributed by atoms with Crippen LogP contribution in [0.5, 0.6) is 0 Å². The van der Waals surface area contributed by atoms with Gasteiger partial charge in [0.15, 0.2) is 4.34 Å². The maximum Gasteiger partial charge on any atom is 0.174 e. The third kappa shape index (κ3) is 2.61. The van der Waals surface area contributed by atoms with E-state index in [9.17, 15) is 5.11 Å². The van der Waals surface area contributed by atoms with E-state index in [4.69, 9.17) is 0 Å². The maximum atomic E-state index is 9.89. The monoisotopic (exact) mass is 252 g/mol. The average Bonchev–Trinajstić information content (AvgIpc) is 2.82. The summed E-state index contributed by atoms with van der Waals surface area (Å²) in [6, 6.07) is 7.87. The van der Waals surface area contributed by atoms with Crippen LogP contribution in [-0.4, -0.2) is 14.5 Å². The Morgan fingerprint density at radius 2 is 2.25 bits per heavy atom. The summed E-state index contributed by atoms with van der Waals surface area (Å²) < 4.78 is 4.86. The van der Waals surface area contributed by atoms with Gasteiger partial charge in [0.1, 0.15) is 6.33 Å². The number of aromatic nitrogens is 2. The Bertz CT molecular complexity index is 445. The normalized spacial score (nSPS) is 12.6. The molecule has 84 valence electrons. The van der Waals surface area contributed by atoms with Crippen LogP contribution in [-0.2, 0) is 0 Å². The van der Waals surface area contributed by atoms with Crippen molar-refractivity contribution in [2.24, 2.45) is 0 Å². The first kappa shape index (κ1) is 11.6. The lowest BCUT2D eigenvalue weighted by Crippen LogP contribution is -1.96. The van der Waals surface area contributed by atoms with Gasteiger partial charge in [-0.3, -0.25) is 0 Å². The molecule has 0 saturated carbocycles. The van der Waals surface area contributed by atoms with Gasteiger partial charge >= 0.3 is 0 Å². The van der Waals surface area contributed by atoms with E-state index in [2.05, 4.69) is 9.36 Å². The summed E-state index contributed by atoms with van der Waals surface area (Å²) in [6.45, 7) is 1.97. The van der Waals surface area contributed by atoms with Gasteiger partial charge in [0.25, 0.3) is 0 Å². The van der Waals surface area contributed by atoms with Crippen LogP contribution >= 0.6 is 23.3 Å². The fourth-order valence-electron chi connectivity index (χ4n) is 1.37. The number of benzene rings is 1. The fourth-order valence-corrected chi connectivity index (χ4v) is 2.95. The molecule has 2 rings (SSSR count). The lowest BCUT2D eigenvalue weighted by Gasteiger charge is -2.12. The minimum atomic E-state index is -0.406. The average molecular weight is 252 g/mol. The molecule has 0 amide bonds. The van der Waals surface area contributed by atoms with E-state index in [1.807, 2.05) is 31.2 Å². The Balaban J connectivity index is 2.26. The maximum absolute atomic E-state index is 9.89. The lowest BCUT2D eigenvalue weighted by atomic mass is 10.1. The second-order valence-corrected chi connectivity index (χ2v) is 5.34. The molecule has 0 unspecified atom stereocenters. The molecular formula is C11H12N2OS2. The molecule has 2 aromatic rings. The van der Waals surface area contributed by atoms with Crippen LogP contribution in [0.4, 0.5) is 0 Å². The second kappa shape index (κ2) is 5.43. The van der Waals surface area contributed by atoms with Gasteiger partial charge in [0.05, 0.1) is 6.10 Å². The molecule has 1 atom stereocenters. The van der Waals surface area contributed by atoms with Gasteiger partial charge in [-0.2, -0.15) is 4.37 Å². The second-order valence-electron chi connectivity index (χ2n) is 3.27. The van der Waals surface area contributed by atoms with Crippen molar-refractivity contribution in [3.05, 3.63) is 36.2 Å². The third-order valence-corrected chi connectivity index (χ3v) is 4.01. The topological polar surface area (TPSA) is 46.0 Å². The minimum absolute atomic E-state index is 0.406. The SMILES string of the molecule is CC[C@H](O)c1ccccc1Sc1ncns1. The van der Waals surface area contributed by atoms with Gasteiger partial charge in [0.2, 0.25) is 0 Å². The summed E-state index contributed by atoms with van der Waals surface area (Å²) >= 11 is 2.92. The Hall–Kier alpha value is -0.910. The molecule has 0 fully saturated rings. The van der Waals surface area contributed by atoms with Crippen LogP contribution < -0.4 is 0 Å². The van der Waals surface area contributed by atoms with Crippen molar-refractivity contribution in [3.63, 3.8) is 0 Å². The number of aliphatic hydroxyl groups excluding tert-OH is 1. The molecule has 16 heavy (non-hydrogen) atoms. The van der Waals surface area contributed by atoms with Crippen LogP contribution in [0.15, 0.2) is 39.8 Å². The highest BCUT2D eigenvalue weighted by atomic mass is 32.2. The van der Waals surface area contributed by atoms with E-state index in [0.717, 1.165) is 14.8 Å². The molecule has 0 aliphatic carbocycles. The zero-order chi connectivity index (χ0) is 11.4. The Kier molecular flexibility index (Phi) is 3.93. The fraction of sp³-hybridized carbons (Fsp3) is 0.273. The largest absolute Gasteiger partial charge is 0.388 e. The first-order chi connectivity index (χ1) is 7.81. The van der Waals surface area contributed by atoms with Gasteiger partial charge in [-0.15, -0.1) is 0 Å². The first-order valence-corrected chi connectivity index (χ1v) is 6.61. The van der Waals surface area contributed by atoms with Crippen LogP contribution in [0.3, 0.4) is 0 Å². The van der Waals surface area contributed by atoms with E-state index in [0.29, 0.717) is 6.42 Å². The van der Waals surface area contributed by atoms with Crippen molar-refractivity contribution in [1.29, 1.82) is 0 Å². The van der Waals surface area contributed by atoms with Crippen LogP contribution in [0.1, 0.15) is 25.0 Å². The van der Waals surface area contributed by atoms with Gasteiger partial charge in [-0.25, -0.2) is 4.98 Å². The summed E-state index contributed by atoms with van der Waals surface area (Å²) in [5, 5.41) is 9.89. The van der Waals surface area contributed by atoms with Gasteiger partial charge in [-0.1, -0.05) is 36.9 Å². The molecule has 1 N–H and O–H groups in total. The van der Waals surface area contributed by atoms with E-state index < -0.39 is 6.10 Å². The molecule has 5 heteroatoms. The first-order valence-electron chi connectivity index (χ1n) is 5.02. The van der Waals surface area contributed by atoms with Gasteiger partial charge in [-0.05, 0) is 29.6 Å². The minimum Gasteiger partial charge on any atom is -0.388 e. The van der Waals surface area contributed by atoms with E-state index in [-0.39, 0.29) is 0 Å². The number of hydrogen-bond donors (Lipinski definition) is 1. The molecule has 1 aromatic carbocycles. The van der Waals surface area contributed by atoms with E-state index in [1.165, 1.54) is 11.5 Å². The van der Waals surface area contributed by atoms with Gasteiger partial charge in [0, 0.05) is 4.90 Å². The highest BCUT2D eigenvalue weighted by Gasteiger charge is 2.11. The predicted octanol–water partition coefficient (Wildman–Crippen LogP) is 3.13. The van der Waals surface area contributed by atoms with Crippen LogP contribution in [0, 0.1) is 0 Å². The highest BCUT2D eigenvalue weighted by molar-refractivity contribution is 8.01. The summed E-state index contributed by atoms with van der Waals surface area (Å²) in [5.41, 5.74) is 0.963. The molecule has 0 bridgehead atoms. The van der Waals surface area contributed by atoms with E-state index in [1.54, 1.807) is 18.1 Å². The number of aliphatic hydroxyl groups is 1. The Morgan fingerprint density at radius 3 is 2.94 bits per heavy atom. The standard InChI is InChI=1S/C11H12N2OS2/c1-2-9(14)8-5-3-4-6-10(8)15-11-12-7-13-16-11/h3-7,9,14H,2H2,1H3/t9-/m0/s1. The molecule has 1 heterocycles. The summed E-state index contributed by atoms with van der Waals surface area (Å²) in [4.78, 5) is 5.18. The predicted molar refractivity (Wildman–Crippen MR) is 65.7 cm³/mol. The van der Waals surface area contributed by atoms with Crippen molar-refractivity contribution < 1.29 is 5.11 Å². The third-order valence-electron chi connectivity index (χ3n) is 2.20. The van der Waals surface area contributed by atoms with Crippen molar-refractivity contribution in [2.75, 3.05) is 0 Å². The Morgan fingerprint density at radius 1 is 1.44 bits per heavy atom. The van der Waals surface area contributed by atoms with Crippen molar-refractivity contribution in [1.82, 2.24) is 9.36 Å². The molecule has 0 aliphatic rings. The quantitative estimate of drug-likeness (QED) is 0.908. The van der Waals surface area contributed by atoms with Crippen LogP contribution in [0.25, 0.3) is 0 Å². The summed E-state index contributed by atoms with van der Waals surface area (Å²) in [5.74, 6) is 0. The van der Waals surface area contributed by atoms with E-state index >= 15 is 0 Å². The molecule has 3 nitrogen and oxygen atoms in total. The molecule has 1 aromatic heterocycles. The zero-order valence-corrected chi connectivity index (χ0v) is 10.5. The lowest BCUT2D eigenvalue weighted by molar-refractivity contribution is 0.171.